The third kappa shape index (κ3) is 5.00. The molecule has 10 nitrogen and oxygen atoms in total. The van der Waals surface area contributed by atoms with Crippen LogP contribution < -0.4 is 21.7 Å². The van der Waals surface area contributed by atoms with Crippen molar-refractivity contribution in [1.29, 1.82) is 0 Å². The second-order valence-electron chi connectivity index (χ2n) is 8.46. The highest BCUT2D eigenvalue weighted by Gasteiger charge is 2.35. The second kappa shape index (κ2) is 10.3. The predicted molar refractivity (Wildman–Crippen MR) is 139 cm³/mol. The Bertz CT molecular complexity index is 1460. The van der Waals surface area contributed by atoms with Crippen molar-refractivity contribution >= 4 is 34.1 Å². The summed E-state index contributed by atoms with van der Waals surface area (Å²) >= 11 is 0. The van der Waals surface area contributed by atoms with Gasteiger partial charge in [0.15, 0.2) is 0 Å². The van der Waals surface area contributed by atoms with Gasteiger partial charge in [-0.2, -0.15) is 0 Å². The Morgan fingerprint density at radius 2 is 2.08 bits per heavy atom. The van der Waals surface area contributed by atoms with Crippen molar-refractivity contribution in [3.05, 3.63) is 79.2 Å². The molecule has 1 aliphatic rings. The van der Waals surface area contributed by atoms with Crippen LogP contribution in [-0.2, 0) is 15.1 Å². The number of hydrogen-bond donors (Lipinski definition) is 4. The Hall–Kier alpha value is -4.32. The highest BCUT2D eigenvalue weighted by Crippen LogP contribution is 2.31. The fourth-order valence-electron chi connectivity index (χ4n) is 4.14. The first-order chi connectivity index (χ1) is 18.0. The average molecular weight is 501 g/mol. The van der Waals surface area contributed by atoms with E-state index in [1.807, 2.05) is 12.1 Å². The van der Waals surface area contributed by atoms with E-state index in [0.717, 1.165) is 18.3 Å². The van der Waals surface area contributed by atoms with Crippen molar-refractivity contribution in [3.63, 3.8) is 0 Å². The summed E-state index contributed by atoms with van der Waals surface area (Å²) in [5.74, 6) is -0.627. The lowest BCUT2D eigenvalue weighted by atomic mass is 9.97. The van der Waals surface area contributed by atoms with E-state index in [1.165, 1.54) is 12.3 Å². The van der Waals surface area contributed by atoms with Crippen molar-refractivity contribution in [2.75, 3.05) is 36.9 Å². The number of nitrogens with zero attached hydrogens (tertiary/aromatic N) is 4. The molecule has 1 atom stereocenters. The number of anilines is 3. The number of benzene rings is 1. The van der Waals surface area contributed by atoms with Crippen LogP contribution in [0.4, 0.5) is 21.7 Å². The van der Waals surface area contributed by atoms with E-state index in [4.69, 9.17) is 10.5 Å². The number of halogens is 1. The van der Waals surface area contributed by atoms with E-state index >= 15 is 4.39 Å². The van der Waals surface area contributed by atoms with Crippen LogP contribution in [0.2, 0.25) is 0 Å². The minimum atomic E-state index is -0.671. The predicted octanol–water partition coefficient (Wildman–Crippen LogP) is 2.87. The van der Waals surface area contributed by atoms with Gasteiger partial charge in [0, 0.05) is 43.1 Å². The number of rotatable bonds is 7. The molecule has 11 heteroatoms. The van der Waals surface area contributed by atoms with E-state index < -0.39 is 11.4 Å². The summed E-state index contributed by atoms with van der Waals surface area (Å²) in [6.45, 7) is 5.65. The number of morpholine rings is 1. The van der Waals surface area contributed by atoms with Crippen LogP contribution in [0, 0.1) is 5.82 Å². The van der Waals surface area contributed by atoms with Gasteiger partial charge in [-0.25, -0.2) is 14.4 Å². The van der Waals surface area contributed by atoms with Crippen LogP contribution >= 0.6 is 0 Å². The Labute approximate surface area is 212 Å². The lowest BCUT2D eigenvalue weighted by Gasteiger charge is -2.36. The summed E-state index contributed by atoms with van der Waals surface area (Å²) in [6, 6.07) is 9.81. The van der Waals surface area contributed by atoms with Gasteiger partial charge in [-0.15, -0.1) is 0 Å². The fourth-order valence-corrected chi connectivity index (χ4v) is 4.14. The van der Waals surface area contributed by atoms with Gasteiger partial charge in [0.05, 0.1) is 41.0 Å². The molecule has 1 amide bonds. The number of carbonyl (C=O) groups excluding carboxylic acids is 1. The Kier molecular flexibility index (Phi) is 6.82. The Morgan fingerprint density at radius 1 is 1.19 bits per heavy atom. The van der Waals surface area contributed by atoms with E-state index in [-0.39, 0.29) is 17.4 Å². The van der Waals surface area contributed by atoms with Crippen LogP contribution in [0.3, 0.4) is 0 Å². The molecule has 1 unspecified atom stereocenters. The smallest absolute Gasteiger partial charge is 0.247 e. The first-order valence-electron chi connectivity index (χ1n) is 11.6. The molecular formula is C26H25FN8O2. The highest BCUT2D eigenvalue weighted by atomic mass is 19.1. The van der Waals surface area contributed by atoms with E-state index in [9.17, 15) is 4.79 Å². The van der Waals surface area contributed by atoms with Gasteiger partial charge >= 0.3 is 0 Å². The minimum Gasteiger partial charge on any atom is -0.365 e. The molecule has 188 valence electrons. The number of nitrogens with one attached hydrogen (secondary N) is 3. The molecular weight excluding hydrogens is 475 g/mol. The summed E-state index contributed by atoms with van der Waals surface area (Å²) in [5.41, 5.74) is 8.03. The quantitative estimate of drug-likeness (QED) is 0.282. The molecule has 3 aromatic heterocycles. The van der Waals surface area contributed by atoms with E-state index in [0.29, 0.717) is 47.7 Å². The van der Waals surface area contributed by atoms with Crippen molar-refractivity contribution < 1.29 is 13.9 Å². The maximum atomic E-state index is 15.1. The minimum absolute atomic E-state index is 0.193. The lowest BCUT2D eigenvalue weighted by Crippen LogP contribution is -2.52. The highest BCUT2D eigenvalue weighted by molar-refractivity contribution is 6.00. The molecule has 1 aliphatic heterocycles. The van der Waals surface area contributed by atoms with Crippen LogP contribution in [0.15, 0.2) is 67.6 Å². The van der Waals surface area contributed by atoms with Crippen molar-refractivity contribution in [3.8, 4) is 11.3 Å². The lowest BCUT2D eigenvalue weighted by molar-refractivity contribution is -0.111. The molecule has 5 N–H and O–H groups in total. The zero-order chi connectivity index (χ0) is 25.8. The van der Waals surface area contributed by atoms with E-state index in [1.54, 1.807) is 30.6 Å². The first kappa shape index (κ1) is 24.4. The number of pyridine rings is 2. The Balaban J connectivity index is 1.46. The van der Waals surface area contributed by atoms with Crippen molar-refractivity contribution in [2.24, 2.45) is 5.73 Å². The number of ether oxygens (including phenoxy) is 1. The van der Waals surface area contributed by atoms with Crippen molar-refractivity contribution in [2.45, 2.75) is 5.60 Å². The molecule has 0 saturated carbocycles. The molecule has 1 saturated heterocycles. The Morgan fingerprint density at radius 3 is 2.81 bits per heavy atom. The molecule has 5 rings (SSSR count). The summed E-state index contributed by atoms with van der Waals surface area (Å²) in [6.07, 6.45) is 5.89. The van der Waals surface area contributed by atoms with Gasteiger partial charge < -0.3 is 26.4 Å². The zero-order valence-corrected chi connectivity index (χ0v) is 19.9. The third-order valence-corrected chi connectivity index (χ3v) is 6.05. The monoisotopic (exact) mass is 500 g/mol. The molecule has 4 aromatic rings. The van der Waals surface area contributed by atoms with Gasteiger partial charge in [-0.1, -0.05) is 6.58 Å². The van der Waals surface area contributed by atoms with Gasteiger partial charge in [-0.05, 0) is 42.5 Å². The van der Waals surface area contributed by atoms with Crippen LogP contribution in [0.25, 0.3) is 22.2 Å². The number of nitrogens with two attached hydrogens (primary N) is 1. The van der Waals surface area contributed by atoms with Gasteiger partial charge in [0.2, 0.25) is 11.9 Å². The molecule has 0 aliphatic carbocycles. The van der Waals surface area contributed by atoms with Crippen LogP contribution in [0.1, 0.15) is 5.69 Å². The number of hydrogen-bond acceptors (Lipinski definition) is 9. The summed E-state index contributed by atoms with van der Waals surface area (Å²) in [7, 11) is 0. The molecule has 4 heterocycles. The van der Waals surface area contributed by atoms with E-state index in [2.05, 4.69) is 42.5 Å². The van der Waals surface area contributed by atoms with Crippen LogP contribution in [0.5, 0.6) is 0 Å². The average Bonchev–Trinajstić information content (AvgIpc) is 2.93. The number of fused-ring (bicyclic) bond motifs is 1. The maximum Gasteiger partial charge on any atom is 0.247 e. The molecule has 0 spiro atoms. The second-order valence-corrected chi connectivity index (χ2v) is 8.46. The fraction of sp³-hybridized carbons (Fsp3) is 0.192. The number of aromatic nitrogens is 4. The van der Waals surface area contributed by atoms with Gasteiger partial charge in [-0.3, -0.25) is 14.8 Å². The first-order valence-corrected chi connectivity index (χ1v) is 11.6. The van der Waals surface area contributed by atoms with Gasteiger partial charge in [0.25, 0.3) is 0 Å². The van der Waals surface area contributed by atoms with Gasteiger partial charge in [0.1, 0.15) is 11.4 Å². The molecule has 1 fully saturated rings. The molecule has 37 heavy (non-hydrogen) atoms. The molecule has 0 bridgehead atoms. The summed E-state index contributed by atoms with van der Waals surface area (Å²) < 4.78 is 21.0. The molecule has 0 radical (unpaired) electrons. The van der Waals surface area contributed by atoms with Crippen molar-refractivity contribution in [1.82, 2.24) is 25.3 Å². The standard InChI is InChI=1S/C26H25FN8O2/c1-2-22(36)33-17-7-8-30-20(11-17)23-19(27)5-3-16-12-32-25(35-24(16)23)34-18-4-6-21(31-13-18)26(14-28)15-29-9-10-37-26/h2-8,11-13,29H,1,9-10,14-15,28H2,(H,30,33,36)(H,32,34,35). The topological polar surface area (TPSA) is 140 Å². The largest absolute Gasteiger partial charge is 0.365 e. The SMILES string of the molecule is C=CC(=O)Nc1ccnc(-c2c(F)ccc3cnc(Nc4ccc(C5(CN)CNCCO5)nc4)nc23)c1. The number of carbonyl (C=O) groups is 1. The third-order valence-electron chi connectivity index (χ3n) is 6.05. The zero-order valence-electron chi connectivity index (χ0n) is 19.9. The molecule has 1 aromatic carbocycles. The summed E-state index contributed by atoms with van der Waals surface area (Å²) in [5, 5.41) is 9.70. The number of amides is 1. The summed E-state index contributed by atoms with van der Waals surface area (Å²) in [4.78, 5) is 29.5. The maximum absolute atomic E-state index is 15.1. The normalized spacial score (nSPS) is 17.4. The van der Waals surface area contributed by atoms with Crippen LogP contribution in [-0.4, -0.2) is 52.1 Å².